The molecular formula is C24H23N5OS. The number of carbonyl (C=O) groups is 1. The van der Waals surface area contributed by atoms with Crippen LogP contribution in [0, 0.1) is 6.92 Å². The lowest BCUT2D eigenvalue weighted by Gasteiger charge is -2.01. The summed E-state index contributed by atoms with van der Waals surface area (Å²) in [6.07, 6.45) is 7.99. The number of allylic oxidation sites excluding steroid dienone is 1. The first-order valence-electron chi connectivity index (χ1n) is 10.00. The number of rotatable bonds is 6. The highest BCUT2D eigenvalue weighted by Gasteiger charge is 2.14. The number of nitrogens with zero attached hydrogens (tertiary/aromatic N) is 3. The lowest BCUT2D eigenvalue weighted by molar-refractivity contribution is -0.115. The molecule has 0 aliphatic rings. The predicted molar refractivity (Wildman–Crippen MR) is 128 cm³/mol. The van der Waals surface area contributed by atoms with E-state index in [0.717, 1.165) is 44.0 Å². The zero-order chi connectivity index (χ0) is 21.8. The van der Waals surface area contributed by atoms with Crippen molar-refractivity contribution in [3.8, 4) is 10.4 Å². The molecule has 6 nitrogen and oxygen atoms in total. The highest BCUT2D eigenvalue weighted by atomic mass is 32.1. The van der Waals surface area contributed by atoms with Gasteiger partial charge in [-0.2, -0.15) is 5.10 Å². The van der Waals surface area contributed by atoms with Crippen molar-refractivity contribution in [2.24, 2.45) is 0 Å². The molecule has 4 aromatic rings. The minimum Gasteiger partial charge on any atom is -0.302 e. The second kappa shape index (κ2) is 9.06. The summed E-state index contributed by atoms with van der Waals surface area (Å²) in [5.41, 5.74) is 5.65. The van der Waals surface area contributed by atoms with Crippen molar-refractivity contribution in [1.82, 2.24) is 20.2 Å². The molecule has 3 aromatic heterocycles. The number of nitrogens with one attached hydrogen (secondary N) is 2. The summed E-state index contributed by atoms with van der Waals surface area (Å²) in [7, 11) is 0. The maximum Gasteiger partial charge on any atom is 0.230 e. The van der Waals surface area contributed by atoms with Crippen LogP contribution in [0.5, 0.6) is 0 Å². The van der Waals surface area contributed by atoms with Crippen LogP contribution in [0.25, 0.3) is 33.5 Å². The molecule has 0 atom stereocenters. The van der Waals surface area contributed by atoms with Crippen LogP contribution in [0.2, 0.25) is 0 Å². The summed E-state index contributed by atoms with van der Waals surface area (Å²) in [5, 5.41) is 12.1. The van der Waals surface area contributed by atoms with Crippen molar-refractivity contribution in [3.63, 3.8) is 0 Å². The van der Waals surface area contributed by atoms with Crippen LogP contribution in [0.15, 0.2) is 54.2 Å². The van der Waals surface area contributed by atoms with Gasteiger partial charge in [0.25, 0.3) is 0 Å². The van der Waals surface area contributed by atoms with Crippen molar-refractivity contribution >= 4 is 45.4 Å². The fraction of sp³-hybridized carbons (Fsp3) is 0.167. The number of pyridine rings is 1. The maximum atomic E-state index is 12.2. The molecule has 0 aliphatic carbocycles. The van der Waals surface area contributed by atoms with Gasteiger partial charge in [-0.25, -0.2) is 4.98 Å². The van der Waals surface area contributed by atoms with Crippen LogP contribution in [-0.4, -0.2) is 26.1 Å². The van der Waals surface area contributed by atoms with Crippen LogP contribution in [0.3, 0.4) is 0 Å². The van der Waals surface area contributed by atoms with Gasteiger partial charge < -0.3 is 5.32 Å². The Morgan fingerprint density at radius 2 is 2.10 bits per heavy atom. The van der Waals surface area contributed by atoms with Gasteiger partial charge in [-0.15, -0.1) is 0 Å². The highest BCUT2D eigenvalue weighted by Crippen LogP contribution is 2.34. The van der Waals surface area contributed by atoms with E-state index in [-0.39, 0.29) is 5.91 Å². The lowest BCUT2D eigenvalue weighted by atomic mass is 10.1. The number of carbonyl (C=O) groups excluding carboxylic acids is 1. The number of aryl methyl sites for hydroxylation is 1. The topological polar surface area (TPSA) is 83.6 Å². The molecule has 1 aromatic carbocycles. The number of thiazole rings is 1. The number of benzene rings is 1. The number of hydrogen-bond acceptors (Lipinski definition) is 5. The third-order valence-electron chi connectivity index (χ3n) is 4.93. The molecule has 4 rings (SSSR count). The number of anilines is 1. The number of aromatic nitrogens is 4. The minimum atomic E-state index is -0.0516. The summed E-state index contributed by atoms with van der Waals surface area (Å²) in [6.45, 7) is 5.83. The van der Waals surface area contributed by atoms with Crippen molar-refractivity contribution in [2.45, 2.75) is 27.2 Å². The Morgan fingerprint density at radius 1 is 1.23 bits per heavy atom. The van der Waals surface area contributed by atoms with E-state index in [1.807, 2.05) is 57.2 Å². The first-order chi connectivity index (χ1) is 15.0. The zero-order valence-corrected chi connectivity index (χ0v) is 18.5. The summed E-state index contributed by atoms with van der Waals surface area (Å²) in [6, 6.07) is 12.0. The first kappa shape index (κ1) is 20.7. The SMILES string of the molecule is C/C=C(\C)CC(=O)Nc1nc(C)c(-c2ccc3c(/C=C/c4ccccn4)n[nH]c3c2)s1. The molecule has 0 bridgehead atoms. The van der Waals surface area contributed by atoms with Gasteiger partial charge in [0, 0.05) is 18.0 Å². The number of fused-ring (bicyclic) bond motifs is 1. The molecular weight excluding hydrogens is 406 g/mol. The quantitative estimate of drug-likeness (QED) is 0.376. The third-order valence-corrected chi connectivity index (χ3v) is 6.05. The van der Waals surface area contributed by atoms with Gasteiger partial charge in [0.2, 0.25) is 5.91 Å². The summed E-state index contributed by atoms with van der Waals surface area (Å²) >= 11 is 1.48. The second-order valence-electron chi connectivity index (χ2n) is 7.25. The number of aromatic amines is 1. The average Bonchev–Trinajstić information content (AvgIpc) is 3.35. The van der Waals surface area contributed by atoms with Crippen LogP contribution >= 0.6 is 11.3 Å². The van der Waals surface area contributed by atoms with E-state index >= 15 is 0 Å². The number of H-pyrrole nitrogens is 1. The van der Waals surface area contributed by atoms with Crippen LogP contribution in [0.1, 0.15) is 37.4 Å². The summed E-state index contributed by atoms with van der Waals surface area (Å²) in [5.74, 6) is -0.0516. The van der Waals surface area contributed by atoms with E-state index in [9.17, 15) is 4.79 Å². The van der Waals surface area contributed by atoms with E-state index in [0.29, 0.717) is 11.6 Å². The smallest absolute Gasteiger partial charge is 0.230 e. The Labute approximate surface area is 184 Å². The van der Waals surface area contributed by atoms with Crippen molar-refractivity contribution in [2.75, 3.05) is 5.32 Å². The Hall–Kier alpha value is -3.58. The lowest BCUT2D eigenvalue weighted by Crippen LogP contribution is -2.11. The van der Waals surface area contributed by atoms with Crippen LogP contribution in [0.4, 0.5) is 5.13 Å². The van der Waals surface area contributed by atoms with Crippen molar-refractivity contribution in [1.29, 1.82) is 0 Å². The maximum absolute atomic E-state index is 12.2. The molecule has 1 amide bonds. The minimum absolute atomic E-state index is 0.0516. The van der Waals surface area contributed by atoms with E-state index < -0.39 is 0 Å². The van der Waals surface area contributed by atoms with Gasteiger partial charge in [-0.1, -0.05) is 35.1 Å². The Kier molecular flexibility index (Phi) is 6.04. The van der Waals surface area contributed by atoms with Crippen LogP contribution < -0.4 is 5.32 Å². The molecule has 3 heterocycles. The van der Waals surface area contributed by atoms with Gasteiger partial charge in [0.15, 0.2) is 5.13 Å². The third kappa shape index (κ3) is 4.78. The molecule has 0 unspecified atom stereocenters. The molecule has 0 aliphatic heterocycles. The van der Waals surface area contributed by atoms with E-state index in [1.54, 1.807) is 6.20 Å². The normalized spacial score (nSPS) is 12.0. The standard InChI is InChI=1S/C24H23N5OS/c1-4-15(2)13-22(30)27-24-26-16(3)23(31-24)17-8-10-19-20(28-29-21(19)14-17)11-9-18-7-5-6-12-25-18/h4-12,14H,13H2,1-3H3,(H,28,29)(H,26,27,30)/b11-9+,15-4+. The number of hydrogen-bond donors (Lipinski definition) is 2. The molecule has 0 radical (unpaired) electrons. The molecule has 0 saturated heterocycles. The van der Waals surface area contributed by atoms with Gasteiger partial charge in [-0.3, -0.25) is 14.9 Å². The van der Waals surface area contributed by atoms with E-state index in [4.69, 9.17) is 0 Å². The fourth-order valence-electron chi connectivity index (χ4n) is 3.18. The van der Waals surface area contributed by atoms with E-state index in [1.165, 1.54) is 11.3 Å². The van der Waals surface area contributed by atoms with Gasteiger partial charge in [-0.05, 0) is 62.8 Å². The molecule has 31 heavy (non-hydrogen) atoms. The summed E-state index contributed by atoms with van der Waals surface area (Å²) < 4.78 is 0. The van der Waals surface area contributed by atoms with Crippen LogP contribution in [-0.2, 0) is 4.79 Å². The van der Waals surface area contributed by atoms with E-state index in [2.05, 4.69) is 43.7 Å². The molecule has 2 N–H and O–H groups in total. The predicted octanol–water partition coefficient (Wildman–Crippen LogP) is 5.86. The molecule has 156 valence electrons. The second-order valence-corrected chi connectivity index (χ2v) is 8.25. The largest absolute Gasteiger partial charge is 0.302 e. The highest BCUT2D eigenvalue weighted by molar-refractivity contribution is 7.19. The number of amides is 1. The summed E-state index contributed by atoms with van der Waals surface area (Å²) in [4.78, 5) is 22.0. The van der Waals surface area contributed by atoms with Gasteiger partial charge in [0.05, 0.1) is 27.5 Å². The Balaban J connectivity index is 1.56. The monoisotopic (exact) mass is 429 g/mol. The average molecular weight is 430 g/mol. The Morgan fingerprint density at radius 3 is 2.87 bits per heavy atom. The Bertz CT molecular complexity index is 1280. The zero-order valence-electron chi connectivity index (χ0n) is 17.6. The fourth-order valence-corrected chi connectivity index (χ4v) is 4.16. The molecule has 0 saturated carbocycles. The molecule has 0 spiro atoms. The first-order valence-corrected chi connectivity index (χ1v) is 10.8. The van der Waals surface area contributed by atoms with Crippen molar-refractivity contribution < 1.29 is 4.79 Å². The molecule has 0 fully saturated rings. The van der Waals surface area contributed by atoms with Crippen molar-refractivity contribution in [3.05, 3.63) is 71.3 Å². The van der Waals surface area contributed by atoms with Gasteiger partial charge in [0.1, 0.15) is 0 Å². The molecule has 7 heteroatoms. The van der Waals surface area contributed by atoms with Gasteiger partial charge >= 0.3 is 0 Å².